The Morgan fingerprint density at radius 2 is 2.00 bits per heavy atom. The Bertz CT molecular complexity index is 886. The molecule has 0 aromatic heterocycles. The molecular weight excluding hydrogens is 356 g/mol. The van der Waals surface area contributed by atoms with E-state index in [4.69, 9.17) is 25.8 Å². The summed E-state index contributed by atoms with van der Waals surface area (Å²) in [5.41, 5.74) is 1.12. The Morgan fingerprint density at radius 1 is 1.23 bits per heavy atom. The summed E-state index contributed by atoms with van der Waals surface area (Å²) in [6, 6.07) is 12.0. The normalized spacial score (nSPS) is 14.3. The third kappa shape index (κ3) is 4.06. The van der Waals surface area contributed by atoms with Crippen LogP contribution in [-0.4, -0.2) is 24.5 Å². The summed E-state index contributed by atoms with van der Waals surface area (Å²) in [6.07, 6.45) is 1.40. The van der Waals surface area contributed by atoms with Crippen LogP contribution in [0.4, 0.5) is 0 Å². The minimum absolute atomic E-state index is 0.185. The average molecular weight is 373 g/mol. The molecule has 134 valence electrons. The molecule has 0 saturated heterocycles. The summed E-state index contributed by atoms with van der Waals surface area (Å²) in [5.74, 6) is 0.284. The van der Waals surface area contributed by atoms with E-state index in [1.807, 2.05) is 12.1 Å². The molecule has 1 aliphatic heterocycles. The molecule has 1 aliphatic rings. The van der Waals surface area contributed by atoms with Crippen molar-refractivity contribution in [2.75, 3.05) is 6.61 Å². The van der Waals surface area contributed by atoms with Crippen molar-refractivity contribution >= 4 is 29.4 Å². The van der Waals surface area contributed by atoms with Gasteiger partial charge >= 0.3 is 5.97 Å². The van der Waals surface area contributed by atoms with E-state index in [1.165, 1.54) is 0 Å². The molecule has 0 spiro atoms. The van der Waals surface area contributed by atoms with Gasteiger partial charge in [0, 0.05) is 11.1 Å². The summed E-state index contributed by atoms with van der Waals surface area (Å²) in [6.45, 7) is 3.31. The van der Waals surface area contributed by atoms with E-state index in [0.29, 0.717) is 27.6 Å². The molecule has 0 aliphatic carbocycles. The van der Waals surface area contributed by atoms with Crippen LogP contribution in [0.1, 0.15) is 29.8 Å². The number of hydrogen-bond acceptors (Lipinski definition) is 5. The summed E-state index contributed by atoms with van der Waals surface area (Å²) in [4.78, 5) is 24.0. The molecule has 2 aromatic carbocycles. The molecule has 3 rings (SSSR count). The van der Waals surface area contributed by atoms with Crippen molar-refractivity contribution < 1.29 is 23.8 Å². The van der Waals surface area contributed by atoms with Gasteiger partial charge in [0.2, 0.25) is 5.78 Å². The smallest absolute Gasteiger partial charge is 0.344 e. The molecule has 0 amide bonds. The first-order valence-corrected chi connectivity index (χ1v) is 8.47. The molecule has 0 fully saturated rings. The molecule has 0 atom stereocenters. The highest BCUT2D eigenvalue weighted by atomic mass is 35.5. The maximum Gasteiger partial charge on any atom is 0.344 e. The molecule has 0 unspecified atom stereocenters. The van der Waals surface area contributed by atoms with Gasteiger partial charge in [-0.3, -0.25) is 4.79 Å². The van der Waals surface area contributed by atoms with Crippen molar-refractivity contribution in [3.8, 4) is 11.5 Å². The standard InChI is InChI=1S/C20H17ClO5/c1-12(2)25-19(22)11-24-14-7-8-15-17(10-14)26-18(20(15)23)9-13-5-3-4-6-16(13)21/h3-10,12H,11H2,1-2H3/b18-9-. The van der Waals surface area contributed by atoms with E-state index in [9.17, 15) is 9.59 Å². The number of esters is 1. The summed E-state index contributed by atoms with van der Waals surface area (Å²) >= 11 is 6.12. The molecule has 0 saturated carbocycles. The lowest BCUT2D eigenvalue weighted by Crippen LogP contribution is -2.18. The van der Waals surface area contributed by atoms with Gasteiger partial charge in [0.05, 0.1) is 11.7 Å². The first-order chi connectivity index (χ1) is 12.4. The Kier molecular flexibility index (Phi) is 5.28. The molecule has 6 heteroatoms. The van der Waals surface area contributed by atoms with Crippen LogP contribution in [0.25, 0.3) is 6.08 Å². The number of fused-ring (bicyclic) bond motifs is 1. The number of halogens is 1. The number of ether oxygens (including phenoxy) is 3. The quantitative estimate of drug-likeness (QED) is 0.579. The predicted molar refractivity (Wildman–Crippen MR) is 97.6 cm³/mol. The number of allylic oxidation sites excluding steroid dienone is 1. The number of carbonyl (C=O) groups excluding carboxylic acids is 2. The van der Waals surface area contributed by atoms with E-state index in [2.05, 4.69) is 0 Å². The van der Waals surface area contributed by atoms with Crippen molar-refractivity contribution in [2.24, 2.45) is 0 Å². The van der Waals surface area contributed by atoms with Crippen LogP contribution in [0, 0.1) is 0 Å². The van der Waals surface area contributed by atoms with E-state index >= 15 is 0 Å². The third-order valence-corrected chi connectivity index (χ3v) is 3.90. The molecule has 26 heavy (non-hydrogen) atoms. The fourth-order valence-corrected chi connectivity index (χ4v) is 2.62. The number of hydrogen-bond donors (Lipinski definition) is 0. The second-order valence-electron chi connectivity index (χ2n) is 5.95. The lowest BCUT2D eigenvalue weighted by Gasteiger charge is -2.09. The molecule has 5 nitrogen and oxygen atoms in total. The highest BCUT2D eigenvalue weighted by Crippen LogP contribution is 2.35. The van der Waals surface area contributed by atoms with Gasteiger partial charge < -0.3 is 14.2 Å². The van der Waals surface area contributed by atoms with Gasteiger partial charge in [0.15, 0.2) is 12.4 Å². The average Bonchev–Trinajstić information content (AvgIpc) is 2.90. The van der Waals surface area contributed by atoms with Crippen LogP contribution >= 0.6 is 11.6 Å². The van der Waals surface area contributed by atoms with E-state index in [1.54, 1.807) is 50.3 Å². The van der Waals surface area contributed by atoms with E-state index in [0.717, 1.165) is 0 Å². The van der Waals surface area contributed by atoms with Crippen molar-refractivity contribution in [3.63, 3.8) is 0 Å². The monoisotopic (exact) mass is 372 g/mol. The van der Waals surface area contributed by atoms with Crippen molar-refractivity contribution in [1.29, 1.82) is 0 Å². The van der Waals surface area contributed by atoms with Crippen LogP contribution in [0.3, 0.4) is 0 Å². The maximum absolute atomic E-state index is 12.5. The Labute approximate surface area is 156 Å². The third-order valence-electron chi connectivity index (χ3n) is 3.56. The van der Waals surface area contributed by atoms with E-state index in [-0.39, 0.29) is 24.3 Å². The van der Waals surface area contributed by atoms with Crippen molar-refractivity contribution in [3.05, 3.63) is 64.4 Å². The number of ketones is 1. The number of rotatable bonds is 5. The highest BCUT2D eigenvalue weighted by molar-refractivity contribution is 6.32. The molecule has 0 bridgehead atoms. The highest BCUT2D eigenvalue weighted by Gasteiger charge is 2.28. The van der Waals surface area contributed by atoms with Crippen molar-refractivity contribution in [1.82, 2.24) is 0 Å². The maximum atomic E-state index is 12.5. The Morgan fingerprint density at radius 3 is 2.73 bits per heavy atom. The van der Waals surface area contributed by atoms with Gasteiger partial charge in [-0.1, -0.05) is 29.8 Å². The Hall–Kier alpha value is -2.79. The van der Waals surface area contributed by atoms with Crippen LogP contribution < -0.4 is 9.47 Å². The van der Waals surface area contributed by atoms with Gasteiger partial charge in [-0.25, -0.2) is 4.79 Å². The number of carbonyl (C=O) groups is 2. The molecule has 0 radical (unpaired) electrons. The van der Waals surface area contributed by atoms with Gasteiger partial charge in [-0.05, 0) is 43.7 Å². The molecular formula is C20H17ClO5. The molecule has 2 aromatic rings. The minimum Gasteiger partial charge on any atom is -0.482 e. The van der Waals surface area contributed by atoms with Crippen LogP contribution in [0.5, 0.6) is 11.5 Å². The topological polar surface area (TPSA) is 61.8 Å². The van der Waals surface area contributed by atoms with Gasteiger partial charge in [0.1, 0.15) is 11.5 Å². The van der Waals surface area contributed by atoms with Gasteiger partial charge in [0.25, 0.3) is 0 Å². The van der Waals surface area contributed by atoms with Crippen LogP contribution in [0.15, 0.2) is 48.2 Å². The number of benzene rings is 2. The first-order valence-electron chi connectivity index (χ1n) is 8.09. The summed E-state index contributed by atoms with van der Waals surface area (Å²) < 4.78 is 16.0. The molecule has 0 N–H and O–H groups in total. The van der Waals surface area contributed by atoms with Gasteiger partial charge in [-0.2, -0.15) is 0 Å². The predicted octanol–water partition coefficient (Wildman–Crippen LogP) is 4.29. The fourth-order valence-electron chi connectivity index (χ4n) is 2.43. The largest absolute Gasteiger partial charge is 0.482 e. The van der Waals surface area contributed by atoms with E-state index < -0.39 is 5.97 Å². The zero-order valence-corrected chi connectivity index (χ0v) is 15.1. The van der Waals surface area contributed by atoms with Crippen LogP contribution in [0.2, 0.25) is 5.02 Å². The van der Waals surface area contributed by atoms with Gasteiger partial charge in [-0.15, -0.1) is 0 Å². The summed E-state index contributed by atoms with van der Waals surface area (Å²) in [5, 5.41) is 0.528. The van der Waals surface area contributed by atoms with Crippen LogP contribution in [-0.2, 0) is 9.53 Å². The number of Topliss-reactive ketones (excluding diaryl/α,β-unsaturated/α-hetero) is 1. The lowest BCUT2D eigenvalue weighted by molar-refractivity contribution is -0.149. The lowest BCUT2D eigenvalue weighted by atomic mass is 10.1. The minimum atomic E-state index is -0.461. The summed E-state index contributed by atoms with van der Waals surface area (Å²) in [7, 11) is 0. The zero-order valence-electron chi connectivity index (χ0n) is 14.3. The van der Waals surface area contributed by atoms with Crippen molar-refractivity contribution in [2.45, 2.75) is 20.0 Å². The Balaban J connectivity index is 1.74. The zero-order chi connectivity index (χ0) is 18.7. The second-order valence-corrected chi connectivity index (χ2v) is 6.35. The molecule has 1 heterocycles. The fraction of sp³-hybridized carbons (Fsp3) is 0.200. The first kappa shape index (κ1) is 18.0. The SMILES string of the molecule is CC(C)OC(=O)COc1ccc2c(c1)O/C(=C\c1ccccc1Cl)C2=O. The second kappa shape index (κ2) is 7.62.